The first-order chi connectivity index (χ1) is 14.6. The second-order valence-electron chi connectivity index (χ2n) is 7.12. The van der Waals surface area contributed by atoms with Crippen LogP contribution in [0.5, 0.6) is 0 Å². The fourth-order valence-electron chi connectivity index (χ4n) is 3.05. The third-order valence-corrected chi connectivity index (χ3v) is 4.67. The number of hydrogen-bond donors (Lipinski definition) is 2. The van der Waals surface area contributed by atoms with Gasteiger partial charge in [0.2, 0.25) is 0 Å². The van der Waals surface area contributed by atoms with Gasteiger partial charge in [-0.25, -0.2) is 0 Å². The summed E-state index contributed by atoms with van der Waals surface area (Å²) in [4.78, 5) is 27.7. The van der Waals surface area contributed by atoms with Crippen LogP contribution in [0.1, 0.15) is 40.3 Å². The predicted octanol–water partition coefficient (Wildman–Crippen LogP) is 2.39. The Kier molecular flexibility index (Phi) is 8.14. The van der Waals surface area contributed by atoms with Gasteiger partial charge >= 0.3 is 0 Å². The lowest BCUT2D eigenvalue weighted by Gasteiger charge is -2.21. The largest absolute Gasteiger partial charge is 0.394 e. The van der Waals surface area contributed by atoms with Crippen molar-refractivity contribution in [2.45, 2.75) is 38.6 Å². The molecule has 7 heteroatoms. The second-order valence-corrected chi connectivity index (χ2v) is 7.12. The van der Waals surface area contributed by atoms with Gasteiger partial charge in [-0.1, -0.05) is 12.1 Å². The third-order valence-electron chi connectivity index (χ3n) is 4.67. The summed E-state index contributed by atoms with van der Waals surface area (Å²) in [5.74, 6) is -0.0969. The van der Waals surface area contributed by atoms with Crippen molar-refractivity contribution in [3.8, 4) is 0 Å². The van der Waals surface area contributed by atoms with Crippen LogP contribution in [0, 0.1) is 0 Å². The lowest BCUT2D eigenvalue weighted by molar-refractivity contribution is 0.0779. The van der Waals surface area contributed by atoms with Crippen LogP contribution < -0.4 is 0 Å². The lowest BCUT2D eigenvalue weighted by Crippen LogP contribution is -2.24. The molecule has 0 aliphatic rings. The van der Waals surface area contributed by atoms with Gasteiger partial charge in [0, 0.05) is 50.2 Å². The SMILES string of the molecule is O=C(CC[C@@H](O)CO)c1ccc(CN(Cc2ccccn2)Cc2ccccn2)nc1. The summed E-state index contributed by atoms with van der Waals surface area (Å²) >= 11 is 0. The summed E-state index contributed by atoms with van der Waals surface area (Å²) in [5.41, 5.74) is 3.27. The van der Waals surface area contributed by atoms with Crippen LogP contribution >= 0.6 is 0 Å². The van der Waals surface area contributed by atoms with E-state index in [2.05, 4.69) is 19.9 Å². The molecule has 30 heavy (non-hydrogen) atoms. The molecule has 1 atom stereocenters. The number of Topliss-reactive ketones (excluding diaryl/α,β-unsaturated/α-hetero) is 1. The molecule has 0 saturated carbocycles. The summed E-state index contributed by atoms with van der Waals surface area (Å²) in [6.07, 6.45) is 4.67. The Bertz CT molecular complexity index is 863. The zero-order chi connectivity index (χ0) is 21.2. The normalized spacial score (nSPS) is 12.1. The molecule has 0 saturated heterocycles. The highest BCUT2D eigenvalue weighted by molar-refractivity contribution is 5.95. The van der Waals surface area contributed by atoms with E-state index < -0.39 is 6.10 Å². The zero-order valence-electron chi connectivity index (χ0n) is 16.8. The molecule has 0 aliphatic heterocycles. The summed E-state index contributed by atoms with van der Waals surface area (Å²) in [5, 5.41) is 18.3. The quantitative estimate of drug-likeness (QED) is 0.472. The van der Waals surface area contributed by atoms with E-state index in [0.29, 0.717) is 25.2 Å². The second kappa shape index (κ2) is 11.3. The van der Waals surface area contributed by atoms with Gasteiger partial charge in [0.05, 0.1) is 29.8 Å². The molecule has 0 spiro atoms. The number of aromatic nitrogens is 3. The minimum atomic E-state index is -0.868. The molecule has 0 amide bonds. The van der Waals surface area contributed by atoms with Crippen molar-refractivity contribution in [1.82, 2.24) is 19.9 Å². The molecule has 0 unspecified atom stereocenters. The monoisotopic (exact) mass is 406 g/mol. The van der Waals surface area contributed by atoms with E-state index in [9.17, 15) is 9.90 Å². The van der Waals surface area contributed by atoms with Crippen LogP contribution in [0.2, 0.25) is 0 Å². The summed E-state index contributed by atoms with van der Waals surface area (Å²) in [6, 6.07) is 15.3. The molecule has 0 radical (unpaired) electrons. The van der Waals surface area contributed by atoms with E-state index >= 15 is 0 Å². The Balaban J connectivity index is 1.66. The van der Waals surface area contributed by atoms with Gasteiger partial charge in [0.25, 0.3) is 0 Å². The maximum absolute atomic E-state index is 12.2. The third kappa shape index (κ3) is 6.81. The van der Waals surface area contributed by atoms with Gasteiger partial charge in [0.1, 0.15) is 0 Å². The highest BCUT2D eigenvalue weighted by atomic mass is 16.3. The van der Waals surface area contributed by atoms with E-state index in [1.165, 1.54) is 0 Å². The molecule has 0 bridgehead atoms. The smallest absolute Gasteiger partial charge is 0.164 e. The molecule has 2 N–H and O–H groups in total. The number of rotatable bonds is 11. The molecular weight excluding hydrogens is 380 g/mol. The molecule has 3 rings (SSSR count). The first-order valence-electron chi connectivity index (χ1n) is 9.93. The number of pyridine rings is 3. The van der Waals surface area contributed by atoms with Gasteiger partial charge in [-0.2, -0.15) is 0 Å². The van der Waals surface area contributed by atoms with E-state index in [1.54, 1.807) is 24.7 Å². The van der Waals surface area contributed by atoms with E-state index in [1.807, 2.05) is 42.5 Å². The van der Waals surface area contributed by atoms with Gasteiger partial charge in [0.15, 0.2) is 5.78 Å². The maximum atomic E-state index is 12.2. The lowest BCUT2D eigenvalue weighted by atomic mass is 10.1. The van der Waals surface area contributed by atoms with Crippen molar-refractivity contribution in [3.63, 3.8) is 0 Å². The van der Waals surface area contributed by atoms with Crippen molar-refractivity contribution in [1.29, 1.82) is 0 Å². The fourth-order valence-corrected chi connectivity index (χ4v) is 3.05. The molecule has 7 nitrogen and oxygen atoms in total. The minimum absolute atomic E-state index is 0.0969. The Hall–Kier alpha value is -3.00. The first-order valence-corrected chi connectivity index (χ1v) is 9.93. The number of hydrogen-bond acceptors (Lipinski definition) is 7. The Morgan fingerprint density at radius 2 is 1.47 bits per heavy atom. The van der Waals surface area contributed by atoms with Crippen molar-refractivity contribution in [3.05, 3.63) is 89.8 Å². The summed E-state index contributed by atoms with van der Waals surface area (Å²) < 4.78 is 0. The maximum Gasteiger partial charge on any atom is 0.164 e. The van der Waals surface area contributed by atoms with Crippen molar-refractivity contribution in [2.24, 2.45) is 0 Å². The van der Waals surface area contributed by atoms with Crippen LogP contribution in [0.3, 0.4) is 0 Å². The molecular formula is C23H26N4O3. The number of ketones is 1. The Morgan fingerprint density at radius 3 is 1.93 bits per heavy atom. The molecule has 156 valence electrons. The minimum Gasteiger partial charge on any atom is -0.394 e. The van der Waals surface area contributed by atoms with E-state index in [-0.39, 0.29) is 25.2 Å². The van der Waals surface area contributed by atoms with Crippen LogP contribution in [0.4, 0.5) is 0 Å². The summed E-state index contributed by atoms with van der Waals surface area (Å²) in [7, 11) is 0. The van der Waals surface area contributed by atoms with E-state index in [0.717, 1.165) is 17.1 Å². The Morgan fingerprint density at radius 1 is 0.867 bits per heavy atom. The Labute approximate surface area is 176 Å². The zero-order valence-corrected chi connectivity index (χ0v) is 16.8. The topological polar surface area (TPSA) is 99.4 Å². The number of carbonyl (C=O) groups excluding carboxylic acids is 1. The predicted molar refractivity (Wildman–Crippen MR) is 112 cm³/mol. The van der Waals surface area contributed by atoms with Crippen LogP contribution in [0.15, 0.2) is 67.1 Å². The fraction of sp³-hybridized carbons (Fsp3) is 0.304. The average Bonchev–Trinajstić information content (AvgIpc) is 2.79. The molecule has 0 fully saturated rings. The average molecular weight is 406 g/mol. The number of aliphatic hydroxyl groups is 2. The standard InChI is InChI=1S/C23H26N4O3/c28-17-22(29)9-10-23(30)18-7-8-21(26-13-18)16-27(14-19-5-1-3-11-24-19)15-20-6-2-4-12-25-20/h1-8,11-13,22,28-29H,9-10,14-17H2/t22-/m1/s1. The number of aliphatic hydroxyl groups excluding tert-OH is 2. The van der Waals surface area contributed by atoms with Gasteiger partial charge in [-0.3, -0.25) is 24.6 Å². The highest BCUT2D eigenvalue weighted by Crippen LogP contribution is 2.13. The van der Waals surface area contributed by atoms with Crippen molar-refractivity contribution in [2.75, 3.05) is 6.61 Å². The number of nitrogens with zero attached hydrogens (tertiary/aromatic N) is 4. The van der Waals surface area contributed by atoms with Gasteiger partial charge in [-0.15, -0.1) is 0 Å². The number of carbonyl (C=O) groups is 1. The van der Waals surface area contributed by atoms with Gasteiger partial charge < -0.3 is 10.2 Å². The van der Waals surface area contributed by atoms with Crippen LogP contribution in [-0.2, 0) is 19.6 Å². The molecule has 3 aromatic heterocycles. The van der Waals surface area contributed by atoms with Crippen molar-refractivity contribution >= 4 is 5.78 Å². The highest BCUT2D eigenvalue weighted by Gasteiger charge is 2.13. The van der Waals surface area contributed by atoms with Gasteiger partial charge in [-0.05, 0) is 42.8 Å². The first kappa shape index (κ1) is 21.7. The molecule has 3 aromatic rings. The van der Waals surface area contributed by atoms with Crippen LogP contribution in [0.25, 0.3) is 0 Å². The van der Waals surface area contributed by atoms with Crippen molar-refractivity contribution < 1.29 is 15.0 Å². The van der Waals surface area contributed by atoms with E-state index in [4.69, 9.17) is 5.11 Å². The molecule has 0 aliphatic carbocycles. The van der Waals surface area contributed by atoms with Crippen LogP contribution in [-0.4, -0.2) is 48.6 Å². The molecule has 3 heterocycles. The molecule has 0 aromatic carbocycles. The summed E-state index contributed by atoms with van der Waals surface area (Å²) in [6.45, 7) is 1.55.